The molecule has 1 aromatic rings. The SMILES string of the molecule is O=C(O)CN(C1CCCC1)S(=O)(=O)c1cncc(F)c1. The van der Waals surface area contributed by atoms with E-state index in [2.05, 4.69) is 4.98 Å². The van der Waals surface area contributed by atoms with E-state index in [1.54, 1.807) is 0 Å². The Morgan fingerprint density at radius 2 is 2.05 bits per heavy atom. The molecule has 20 heavy (non-hydrogen) atoms. The van der Waals surface area contributed by atoms with E-state index >= 15 is 0 Å². The first-order chi connectivity index (χ1) is 9.41. The van der Waals surface area contributed by atoms with Crippen molar-refractivity contribution in [2.24, 2.45) is 0 Å². The standard InChI is InChI=1S/C12H15FN2O4S/c13-9-5-11(7-14-6-9)20(18,19)15(8-12(16)17)10-3-1-2-4-10/h5-7,10H,1-4,8H2,(H,16,17). The molecule has 0 aromatic carbocycles. The number of aromatic nitrogens is 1. The summed E-state index contributed by atoms with van der Waals surface area (Å²) in [5, 5.41) is 8.91. The fourth-order valence-electron chi connectivity index (χ4n) is 2.40. The molecule has 1 aromatic heterocycles. The number of carbonyl (C=O) groups is 1. The van der Waals surface area contributed by atoms with Crippen molar-refractivity contribution >= 4 is 16.0 Å². The van der Waals surface area contributed by atoms with Gasteiger partial charge in [-0.25, -0.2) is 12.8 Å². The Morgan fingerprint density at radius 1 is 1.40 bits per heavy atom. The highest BCUT2D eigenvalue weighted by Gasteiger charge is 2.35. The van der Waals surface area contributed by atoms with Crippen LogP contribution in [0.25, 0.3) is 0 Å². The average molecular weight is 302 g/mol. The summed E-state index contributed by atoms with van der Waals surface area (Å²) in [4.78, 5) is 14.1. The lowest BCUT2D eigenvalue weighted by atomic mass is 10.2. The first-order valence-electron chi connectivity index (χ1n) is 6.25. The zero-order valence-corrected chi connectivity index (χ0v) is 11.5. The zero-order valence-electron chi connectivity index (χ0n) is 10.7. The molecule has 1 N–H and O–H groups in total. The summed E-state index contributed by atoms with van der Waals surface area (Å²) < 4.78 is 39.0. The maximum absolute atomic E-state index is 13.1. The molecule has 6 nitrogen and oxygen atoms in total. The molecule has 1 saturated carbocycles. The molecule has 0 saturated heterocycles. The van der Waals surface area contributed by atoms with Crippen LogP contribution in [0.15, 0.2) is 23.4 Å². The predicted molar refractivity (Wildman–Crippen MR) is 68.0 cm³/mol. The molecule has 0 bridgehead atoms. The van der Waals surface area contributed by atoms with Gasteiger partial charge in [0, 0.05) is 12.2 Å². The van der Waals surface area contributed by atoms with Crippen LogP contribution in [0.3, 0.4) is 0 Å². The third kappa shape index (κ3) is 3.13. The van der Waals surface area contributed by atoms with Crippen LogP contribution in [-0.4, -0.2) is 41.4 Å². The Bertz CT molecular complexity index is 599. The van der Waals surface area contributed by atoms with E-state index in [-0.39, 0.29) is 10.9 Å². The van der Waals surface area contributed by atoms with Crippen LogP contribution in [0, 0.1) is 5.82 Å². The number of pyridine rings is 1. The first kappa shape index (κ1) is 14.9. The van der Waals surface area contributed by atoms with E-state index in [0.717, 1.165) is 35.6 Å². The zero-order chi connectivity index (χ0) is 14.8. The Hall–Kier alpha value is -1.54. The van der Waals surface area contributed by atoms with Gasteiger partial charge in [-0.05, 0) is 18.9 Å². The van der Waals surface area contributed by atoms with Crippen LogP contribution >= 0.6 is 0 Å². The maximum atomic E-state index is 13.1. The highest BCUT2D eigenvalue weighted by atomic mass is 32.2. The minimum Gasteiger partial charge on any atom is -0.480 e. The third-order valence-electron chi connectivity index (χ3n) is 3.31. The molecule has 1 fully saturated rings. The maximum Gasteiger partial charge on any atom is 0.318 e. The van der Waals surface area contributed by atoms with Gasteiger partial charge in [0.2, 0.25) is 10.0 Å². The second-order valence-corrected chi connectivity index (χ2v) is 6.61. The number of aliphatic carboxylic acids is 1. The van der Waals surface area contributed by atoms with Gasteiger partial charge in [-0.1, -0.05) is 12.8 Å². The summed E-state index contributed by atoms with van der Waals surface area (Å²) in [5.74, 6) is -2.00. The molecule has 0 radical (unpaired) electrons. The number of hydrogen-bond donors (Lipinski definition) is 1. The van der Waals surface area contributed by atoms with Crippen molar-refractivity contribution in [3.8, 4) is 0 Å². The molecule has 1 aliphatic rings. The van der Waals surface area contributed by atoms with Gasteiger partial charge in [-0.2, -0.15) is 4.31 Å². The minimum atomic E-state index is -4.05. The summed E-state index contributed by atoms with van der Waals surface area (Å²) in [7, 11) is -4.05. The number of rotatable bonds is 5. The highest BCUT2D eigenvalue weighted by molar-refractivity contribution is 7.89. The fourth-order valence-corrected chi connectivity index (χ4v) is 4.01. The molecule has 0 spiro atoms. The smallest absolute Gasteiger partial charge is 0.318 e. The second-order valence-electron chi connectivity index (χ2n) is 4.72. The Kier molecular flexibility index (Phi) is 4.34. The monoisotopic (exact) mass is 302 g/mol. The van der Waals surface area contributed by atoms with Gasteiger partial charge < -0.3 is 5.11 Å². The van der Waals surface area contributed by atoms with Crippen molar-refractivity contribution in [3.63, 3.8) is 0 Å². The van der Waals surface area contributed by atoms with E-state index in [4.69, 9.17) is 5.11 Å². The van der Waals surface area contributed by atoms with Crippen LogP contribution in [0.4, 0.5) is 4.39 Å². The summed E-state index contributed by atoms with van der Waals surface area (Å²) >= 11 is 0. The molecule has 0 unspecified atom stereocenters. The van der Waals surface area contributed by atoms with Crippen molar-refractivity contribution in [1.29, 1.82) is 0 Å². The molecule has 8 heteroatoms. The molecule has 0 amide bonds. The number of hydrogen-bond acceptors (Lipinski definition) is 4. The average Bonchev–Trinajstić information content (AvgIpc) is 2.89. The highest BCUT2D eigenvalue weighted by Crippen LogP contribution is 2.28. The number of sulfonamides is 1. The van der Waals surface area contributed by atoms with Crippen molar-refractivity contribution in [2.45, 2.75) is 36.6 Å². The van der Waals surface area contributed by atoms with Crippen LogP contribution in [0.1, 0.15) is 25.7 Å². The van der Waals surface area contributed by atoms with E-state index in [9.17, 15) is 17.6 Å². The molecule has 2 rings (SSSR count). The number of nitrogens with zero attached hydrogens (tertiary/aromatic N) is 2. The third-order valence-corrected chi connectivity index (χ3v) is 5.17. The van der Waals surface area contributed by atoms with E-state index in [1.807, 2.05) is 0 Å². The summed E-state index contributed by atoms with van der Waals surface area (Å²) in [6.07, 6.45) is 4.89. The van der Waals surface area contributed by atoms with Crippen molar-refractivity contribution in [1.82, 2.24) is 9.29 Å². The lowest BCUT2D eigenvalue weighted by Crippen LogP contribution is -2.42. The van der Waals surface area contributed by atoms with Gasteiger partial charge in [0.1, 0.15) is 17.3 Å². The van der Waals surface area contributed by atoms with Gasteiger partial charge in [-0.15, -0.1) is 0 Å². The lowest BCUT2D eigenvalue weighted by molar-refractivity contribution is -0.137. The number of halogens is 1. The quantitative estimate of drug-likeness (QED) is 0.884. The van der Waals surface area contributed by atoms with Crippen molar-refractivity contribution in [3.05, 3.63) is 24.3 Å². The molecule has 0 atom stereocenters. The number of carboxylic acids is 1. The van der Waals surface area contributed by atoms with E-state index < -0.39 is 28.4 Å². The fraction of sp³-hybridized carbons (Fsp3) is 0.500. The summed E-state index contributed by atoms with van der Waals surface area (Å²) in [5.41, 5.74) is 0. The molecular weight excluding hydrogens is 287 g/mol. The Labute approximate surface area is 116 Å². The Balaban J connectivity index is 2.37. The van der Waals surface area contributed by atoms with Crippen LogP contribution in [-0.2, 0) is 14.8 Å². The summed E-state index contributed by atoms with van der Waals surface area (Å²) in [6, 6.07) is 0.506. The van der Waals surface area contributed by atoms with Crippen LogP contribution in [0.5, 0.6) is 0 Å². The molecular formula is C12H15FN2O4S. The summed E-state index contributed by atoms with van der Waals surface area (Å²) in [6.45, 7) is -0.622. The number of carboxylic acid groups (broad SMARTS) is 1. The molecule has 1 aliphatic carbocycles. The van der Waals surface area contributed by atoms with Gasteiger partial charge in [-0.3, -0.25) is 9.78 Å². The van der Waals surface area contributed by atoms with Crippen LogP contribution < -0.4 is 0 Å². The van der Waals surface area contributed by atoms with E-state index in [0.29, 0.717) is 12.8 Å². The minimum absolute atomic E-state index is 0.314. The van der Waals surface area contributed by atoms with Gasteiger partial charge in [0.25, 0.3) is 0 Å². The van der Waals surface area contributed by atoms with Crippen LogP contribution in [0.2, 0.25) is 0 Å². The topological polar surface area (TPSA) is 87.6 Å². The van der Waals surface area contributed by atoms with Crippen molar-refractivity contribution in [2.75, 3.05) is 6.54 Å². The normalized spacial score (nSPS) is 16.7. The molecule has 110 valence electrons. The predicted octanol–water partition coefficient (Wildman–Crippen LogP) is 1.24. The first-order valence-corrected chi connectivity index (χ1v) is 7.69. The van der Waals surface area contributed by atoms with Crippen molar-refractivity contribution < 1.29 is 22.7 Å². The largest absolute Gasteiger partial charge is 0.480 e. The van der Waals surface area contributed by atoms with Gasteiger partial charge in [0.05, 0.1) is 6.20 Å². The second kappa shape index (κ2) is 5.84. The van der Waals surface area contributed by atoms with Gasteiger partial charge in [0.15, 0.2) is 0 Å². The van der Waals surface area contributed by atoms with Gasteiger partial charge >= 0.3 is 5.97 Å². The molecule has 0 aliphatic heterocycles. The van der Waals surface area contributed by atoms with E-state index in [1.165, 1.54) is 0 Å². The Morgan fingerprint density at radius 3 is 2.60 bits per heavy atom. The molecule has 1 heterocycles. The lowest BCUT2D eigenvalue weighted by Gasteiger charge is -2.26.